The standard InChI is InChI=1S/C6H14NO2.CH4O4S/c1-7(2,3-5-8)4-6-9;1-5-6(2,3)4/h5,9H,3-4,6H2,1-2H3;1H3,(H,2,3,4)/q+1;/p-1. The van der Waals surface area contributed by atoms with Gasteiger partial charge >= 0.3 is 0 Å². The van der Waals surface area contributed by atoms with Crippen molar-refractivity contribution in [3.05, 3.63) is 0 Å². The van der Waals surface area contributed by atoms with Crippen molar-refractivity contribution in [2.75, 3.05) is 40.9 Å². The number of hydrogen-bond donors (Lipinski definition) is 1. The van der Waals surface area contributed by atoms with Gasteiger partial charge in [-0.1, -0.05) is 0 Å². The van der Waals surface area contributed by atoms with E-state index in [1.54, 1.807) is 0 Å². The monoisotopic (exact) mass is 243 g/mol. The molecule has 7 nitrogen and oxygen atoms in total. The lowest BCUT2D eigenvalue weighted by Crippen LogP contribution is -2.43. The Labute approximate surface area is 89.8 Å². The van der Waals surface area contributed by atoms with E-state index in [1.165, 1.54) is 0 Å². The fourth-order valence-corrected chi connectivity index (χ4v) is 0.564. The molecule has 1 N–H and O–H groups in total. The van der Waals surface area contributed by atoms with Gasteiger partial charge in [0.15, 0.2) is 6.29 Å². The van der Waals surface area contributed by atoms with Gasteiger partial charge in [-0.2, -0.15) is 0 Å². The van der Waals surface area contributed by atoms with Crippen molar-refractivity contribution in [2.24, 2.45) is 0 Å². The summed E-state index contributed by atoms with van der Waals surface area (Å²) in [4.78, 5) is 10.00. The largest absolute Gasteiger partial charge is 0.726 e. The fourth-order valence-electron chi connectivity index (χ4n) is 0.564. The average molecular weight is 243 g/mol. The Bertz CT molecular complexity index is 261. The van der Waals surface area contributed by atoms with Crippen molar-refractivity contribution in [3.8, 4) is 0 Å². The van der Waals surface area contributed by atoms with Crippen LogP contribution in [-0.4, -0.2) is 69.7 Å². The molecule has 0 saturated heterocycles. The van der Waals surface area contributed by atoms with Crippen molar-refractivity contribution in [1.29, 1.82) is 0 Å². The summed E-state index contributed by atoms with van der Waals surface area (Å²) in [6.07, 6.45) is 0.871. The summed E-state index contributed by atoms with van der Waals surface area (Å²) in [7, 11) is 0.211. The second-order valence-corrected chi connectivity index (χ2v) is 4.46. The van der Waals surface area contributed by atoms with Gasteiger partial charge in [0.1, 0.15) is 13.1 Å². The molecule has 0 aromatic heterocycles. The summed E-state index contributed by atoms with van der Waals surface area (Å²) in [6.45, 7) is 1.25. The summed E-state index contributed by atoms with van der Waals surface area (Å²) in [5.41, 5.74) is 0. The second-order valence-electron chi connectivity index (χ2n) is 3.31. The fraction of sp³-hybridized carbons (Fsp3) is 0.857. The second kappa shape index (κ2) is 7.71. The number of likely N-dealkylation sites (N-methyl/N-ethyl adjacent to an activating group) is 1. The molecule has 0 rings (SSSR count). The molecule has 0 unspecified atom stereocenters. The van der Waals surface area contributed by atoms with E-state index >= 15 is 0 Å². The van der Waals surface area contributed by atoms with Gasteiger partial charge in [-0.15, -0.1) is 0 Å². The maximum absolute atomic E-state index is 10.00. The van der Waals surface area contributed by atoms with Gasteiger partial charge in [-0.3, -0.25) is 8.98 Å². The lowest BCUT2D eigenvalue weighted by molar-refractivity contribution is -0.881. The molecule has 0 saturated carbocycles. The molecule has 0 aliphatic heterocycles. The maximum atomic E-state index is 10.00. The highest BCUT2D eigenvalue weighted by atomic mass is 32.3. The van der Waals surface area contributed by atoms with Gasteiger partial charge in [0.05, 0.1) is 27.8 Å². The van der Waals surface area contributed by atoms with Crippen molar-refractivity contribution in [1.82, 2.24) is 0 Å². The third-order valence-electron chi connectivity index (χ3n) is 1.48. The molecule has 8 heteroatoms. The van der Waals surface area contributed by atoms with Crippen LogP contribution in [0, 0.1) is 0 Å². The Morgan fingerprint density at radius 1 is 1.47 bits per heavy atom. The van der Waals surface area contributed by atoms with Crippen molar-refractivity contribution >= 4 is 16.7 Å². The average Bonchev–Trinajstić information content (AvgIpc) is 2.03. The maximum Gasteiger partial charge on any atom is 0.217 e. The zero-order valence-corrected chi connectivity index (χ0v) is 9.86. The van der Waals surface area contributed by atoms with Crippen LogP contribution in [0.4, 0.5) is 0 Å². The summed E-state index contributed by atoms with van der Waals surface area (Å²) in [5.74, 6) is 0. The number of rotatable bonds is 5. The number of quaternary nitrogens is 1. The van der Waals surface area contributed by atoms with E-state index in [1.807, 2.05) is 14.1 Å². The molecule has 0 aromatic rings. The van der Waals surface area contributed by atoms with E-state index < -0.39 is 10.4 Å². The Kier molecular flexibility index (Phi) is 8.68. The van der Waals surface area contributed by atoms with Gasteiger partial charge < -0.3 is 14.1 Å². The summed E-state index contributed by atoms with van der Waals surface area (Å²) in [6, 6.07) is 0. The first-order valence-electron chi connectivity index (χ1n) is 4.06. The SMILES string of the molecule is COS(=O)(=O)[O-].C[N+](C)(CC=O)CCO. The Balaban J connectivity index is 0. The van der Waals surface area contributed by atoms with Crippen LogP contribution < -0.4 is 0 Å². The van der Waals surface area contributed by atoms with Gasteiger partial charge in [0.25, 0.3) is 0 Å². The van der Waals surface area contributed by atoms with Crippen LogP contribution in [0.15, 0.2) is 0 Å². The molecular weight excluding hydrogens is 226 g/mol. The predicted octanol–water partition coefficient (Wildman–Crippen LogP) is -1.65. The molecule has 0 aromatic carbocycles. The zero-order chi connectivity index (χ0) is 12.5. The van der Waals surface area contributed by atoms with Crippen LogP contribution in [0.3, 0.4) is 0 Å². The van der Waals surface area contributed by atoms with E-state index in [4.69, 9.17) is 5.11 Å². The van der Waals surface area contributed by atoms with Crippen LogP contribution in [0.25, 0.3) is 0 Å². The first-order valence-corrected chi connectivity index (χ1v) is 5.40. The lowest BCUT2D eigenvalue weighted by atomic mass is 10.4. The smallest absolute Gasteiger partial charge is 0.217 e. The van der Waals surface area contributed by atoms with Gasteiger partial charge in [0, 0.05) is 0 Å². The number of aldehydes is 1. The minimum atomic E-state index is -4.41. The Hall–Kier alpha value is -0.540. The molecule has 0 aliphatic carbocycles. The number of hydrogen-bond acceptors (Lipinski definition) is 6. The molecule has 0 amide bonds. The lowest BCUT2D eigenvalue weighted by Gasteiger charge is -2.25. The van der Waals surface area contributed by atoms with Crippen molar-refractivity contribution in [3.63, 3.8) is 0 Å². The predicted molar refractivity (Wildman–Crippen MR) is 51.7 cm³/mol. The van der Waals surface area contributed by atoms with Gasteiger partial charge in [0.2, 0.25) is 10.4 Å². The van der Waals surface area contributed by atoms with Crippen LogP contribution in [0.1, 0.15) is 0 Å². The molecule has 0 aliphatic rings. The number of nitrogens with zero attached hydrogens (tertiary/aromatic N) is 1. The van der Waals surface area contributed by atoms with Crippen LogP contribution in [0.5, 0.6) is 0 Å². The summed E-state index contributed by atoms with van der Waals surface area (Å²) in [5, 5.41) is 8.50. The number of carbonyl (C=O) groups excluding carboxylic acids is 1. The quantitative estimate of drug-likeness (QED) is 0.268. The first kappa shape index (κ1) is 16.9. The highest BCUT2D eigenvalue weighted by Crippen LogP contribution is 1.91. The first-order chi connectivity index (χ1) is 6.68. The van der Waals surface area contributed by atoms with Gasteiger partial charge in [-0.25, -0.2) is 8.42 Å². The molecule has 0 fully saturated rings. The molecule has 0 radical (unpaired) electrons. The number of aliphatic hydroxyl groups is 1. The number of aliphatic hydroxyl groups excluding tert-OH is 1. The zero-order valence-electron chi connectivity index (χ0n) is 9.04. The highest BCUT2D eigenvalue weighted by Gasteiger charge is 2.11. The van der Waals surface area contributed by atoms with Crippen molar-refractivity contribution < 1.29 is 31.5 Å². The highest BCUT2D eigenvalue weighted by molar-refractivity contribution is 7.80. The summed E-state index contributed by atoms with van der Waals surface area (Å²) >= 11 is 0. The minimum Gasteiger partial charge on any atom is -0.726 e. The molecule has 0 spiro atoms. The van der Waals surface area contributed by atoms with Crippen LogP contribution >= 0.6 is 0 Å². The minimum absolute atomic E-state index is 0.140. The molecular formula is C7H17NO6S. The summed E-state index contributed by atoms with van der Waals surface area (Å²) < 4.78 is 31.6. The van der Waals surface area contributed by atoms with E-state index in [2.05, 4.69) is 4.18 Å². The molecule has 15 heavy (non-hydrogen) atoms. The molecule has 0 atom stereocenters. The Morgan fingerprint density at radius 2 is 1.87 bits per heavy atom. The third-order valence-corrected chi connectivity index (χ3v) is 1.89. The molecule has 0 heterocycles. The van der Waals surface area contributed by atoms with Gasteiger partial charge in [-0.05, 0) is 0 Å². The molecule has 0 bridgehead atoms. The van der Waals surface area contributed by atoms with E-state index in [9.17, 15) is 17.8 Å². The van der Waals surface area contributed by atoms with Crippen LogP contribution in [-0.2, 0) is 19.4 Å². The third kappa shape index (κ3) is 16.2. The van der Waals surface area contributed by atoms with E-state index in [0.29, 0.717) is 17.6 Å². The topological polar surface area (TPSA) is 104 Å². The van der Waals surface area contributed by atoms with Crippen LogP contribution in [0.2, 0.25) is 0 Å². The van der Waals surface area contributed by atoms with Crippen molar-refractivity contribution in [2.45, 2.75) is 0 Å². The normalized spacial score (nSPS) is 11.5. The van der Waals surface area contributed by atoms with E-state index in [0.717, 1.165) is 13.4 Å². The Morgan fingerprint density at radius 3 is 2.07 bits per heavy atom. The number of carbonyl (C=O) groups is 1. The van der Waals surface area contributed by atoms with E-state index in [-0.39, 0.29) is 6.61 Å². The molecule has 92 valence electrons.